The molecule has 1 aliphatic rings. The Kier molecular flexibility index (Phi) is 3.64. The summed E-state index contributed by atoms with van der Waals surface area (Å²) in [5, 5.41) is 35.6. The van der Waals surface area contributed by atoms with Gasteiger partial charge in [0.2, 0.25) is 0 Å². The Hall–Kier alpha value is -2.67. The van der Waals surface area contributed by atoms with E-state index in [4.69, 9.17) is 5.41 Å². The van der Waals surface area contributed by atoms with E-state index >= 15 is 0 Å². The molecule has 2 aromatic rings. The van der Waals surface area contributed by atoms with Crippen LogP contribution in [0, 0.1) is 12.3 Å². The summed E-state index contributed by atoms with van der Waals surface area (Å²) in [5.41, 5.74) is 2.09. The van der Waals surface area contributed by atoms with Gasteiger partial charge in [-0.2, -0.15) is 5.10 Å². The monoisotopic (exact) mass is 314 g/mol. The van der Waals surface area contributed by atoms with Gasteiger partial charge in [0.1, 0.15) is 23.1 Å². The van der Waals surface area contributed by atoms with E-state index in [1.165, 1.54) is 16.3 Å². The molecule has 112 valence electrons. The highest BCUT2D eigenvalue weighted by Gasteiger charge is 2.29. The molecule has 3 rings (SSSR count). The quantitative estimate of drug-likeness (QED) is 0.759. The van der Waals surface area contributed by atoms with Crippen LogP contribution in [0.5, 0.6) is 5.75 Å². The summed E-state index contributed by atoms with van der Waals surface area (Å²) in [6.07, 6.45) is 1.58. The van der Waals surface area contributed by atoms with Crippen molar-refractivity contribution in [3.63, 3.8) is 0 Å². The number of nitrogens with zero attached hydrogens (tertiary/aromatic N) is 3. The number of benzene rings is 1. The fraction of sp³-hybridized carbons (Fsp3) is 0.133. The Morgan fingerprint density at radius 1 is 1.32 bits per heavy atom. The molecule has 0 saturated carbocycles. The molecular formula is C15H14N4O2S. The Balaban J connectivity index is 1.79. The van der Waals surface area contributed by atoms with Crippen LogP contribution in [-0.4, -0.2) is 38.8 Å². The van der Waals surface area contributed by atoms with Crippen LogP contribution in [0.1, 0.15) is 16.3 Å². The standard InChI is InChI=1S/C15H14N4O2S/c1-9-8-22-15(18-9)13-12(21)7-19(14(13)16)17-6-10-2-4-11(20)5-3-10/h2-6,8,16,20-21H,7H2,1H3. The fourth-order valence-electron chi connectivity index (χ4n) is 2.05. The molecule has 0 amide bonds. The average Bonchev–Trinajstić information content (AvgIpc) is 3.02. The molecule has 0 unspecified atom stereocenters. The van der Waals surface area contributed by atoms with Gasteiger partial charge in [-0.15, -0.1) is 11.3 Å². The first-order valence-electron chi connectivity index (χ1n) is 6.58. The van der Waals surface area contributed by atoms with Gasteiger partial charge in [-0.25, -0.2) is 9.99 Å². The van der Waals surface area contributed by atoms with Crippen LogP contribution >= 0.6 is 11.3 Å². The predicted octanol–water partition coefficient (Wildman–Crippen LogP) is 2.75. The fourth-order valence-corrected chi connectivity index (χ4v) is 2.92. The highest BCUT2D eigenvalue weighted by molar-refractivity contribution is 7.11. The number of hydrazone groups is 1. The number of aliphatic hydroxyl groups excluding tert-OH is 1. The third kappa shape index (κ3) is 2.71. The highest BCUT2D eigenvalue weighted by atomic mass is 32.1. The number of hydrogen-bond acceptors (Lipinski definition) is 6. The zero-order chi connectivity index (χ0) is 15.7. The van der Waals surface area contributed by atoms with Crippen LogP contribution in [0.3, 0.4) is 0 Å². The van der Waals surface area contributed by atoms with Crippen molar-refractivity contribution in [3.8, 4) is 5.75 Å². The first-order chi connectivity index (χ1) is 10.5. The minimum Gasteiger partial charge on any atom is -0.509 e. The summed E-state index contributed by atoms with van der Waals surface area (Å²) in [5.74, 6) is 0.413. The molecule has 0 spiro atoms. The number of phenolic OH excluding ortho intramolecular Hbond substituents is 1. The number of nitrogens with one attached hydrogen (secondary N) is 1. The van der Waals surface area contributed by atoms with E-state index in [2.05, 4.69) is 10.1 Å². The highest BCUT2D eigenvalue weighted by Crippen LogP contribution is 2.29. The number of phenols is 1. The van der Waals surface area contributed by atoms with Crippen LogP contribution < -0.4 is 0 Å². The Morgan fingerprint density at radius 2 is 2.05 bits per heavy atom. The number of aromatic hydroxyl groups is 1. The molecule has 1 aromatic carbocycles. The molecule has 0 atom stereocenters. The first-order valence-corrected chi connectivity index (χ1v) is 7.46. The lowest BCUT2D eigenvalue weighted by Gasteiger charge is -2.11. The average molecular weight is 314 g/mol. The SMILES string of the molecule is Cc1csc(C2=C(O)CN(N=Cc3ccc(O)cc3)C2=N)n1. The van der Waals surface area contributed by atoms with Crippen LogP contribution in [0.25, 0.3) is 5.57 Å². The number of amidine groups is 1. The van der Waals surface area contributed by atoms with E-state index in [9.17, 15) is 10.2 Å². The Bertz CT molecular complexity index is 777. The van der Waals surface area contributed by atoms with Gasteiger partial charge in [-0.1, -0.05) is 0 Å². The number of aryl methyl sites for hydroxylation is 1. The summed E-state index contributed by atoms with van der Waals surface area (Å²) in [7, 11) is 0. The molecule has 0 bridgehead atoms. The Morgan fingerprint density at radius 3 is 2.68 bits per heavy atom. The lowest BCUT2D eigenvalue weighted by Crippen LogP contribution is -2.20. The lowest BCUT2D eigenvalue weighted by atomic mass is 10.2. The van der Waals surface area contributed by atoms with Crippen molar-refractivity contribution < 1.29 is 10.2 Å². The summed E-state index contributed by atoms with van der Waals surface area (Å²) in [6.45, 7) is 2.03. The second kappa shape index (κ2) is 5.61. The van der Waals surface area contributed by atoms with Gasteiger partial charge in [0.15, 0.2) is 5.84 Å². The minimum atomic E-state index is 0.0993. The molecule has 6 nitrogen and oxygen atoms in total. The number of rotatable bonds is 3. The maximum absolute atomic E-state index is 10.1. The zero-order valence-corrected chi connectivity index (χ0v) is 12.6. The second-order valence-corrected chi connectivity index (χ2v) is 5.72. The molecule has 22 heavy (non-hydrogen) atoms. The molecule has 7 heteroatoms. The molecule has 2 heterocycles. The number of aromatic nitrogens is 1. The van der Waals surface area contributed by atoms with E-state index in [1.807, 2.05) is 12.3 Å². The van der Waals surface area contributed by atoms with Gasteiger partial charge in [-0.3, -0.25) is 5.41 Å². The molecule has 1 aromatic heterocycles. The molecule has 0 radical (unpaired) electrons. The van der Waals surface area contributed by atoms with Crippen molar-refractivity contribution >= 4 is 29.0 Å². The molecule has 0 aliphatic carbocycles. The third-order valence-electron chi connectivity index (χ3n) is 3.16. The predicted molar refractivity (Wildman–Crippen MR) is 86.5 cm³/mol. The van der Waals surface area contributed by atoms with Gasteiger partial charge < -0.3 is 10.2 Å². The van der Waals surface area contributed by atoms with Gasteiger partial charge in [0.25, 0.3) is 0 Å². The normalized spacial score (nSPS) is 15.3. The zero-order valence-electron chi connectivity index (χ0n) is 11.8. The lowest BCUT2D eigenvalue weighted by molar-refractivity contribution is 0.358. The van der Waals surface area contributed by atoms with Crippen LogP contribution in [0.4, 0.5) is 0 Å². The molecule has 1 aliphatic heterocycles. The van der Waals surface area contributed by atoms with Crippen LogP contribution in [0.2, 0.25) is 0 Å². The van der Waals surface area contributed by atoms with Crippen molar-refractivity contribution in [2.24, 2.45) is 5.10 Å². The third-order valence-corrected chi connectivity index (χ3v) is 4.13. The topological polar surface area (TPSA) is 92.8 Å². The first kappa shape index (κ1) is 14.3. The number of thiazole rings is 1. The minimum absolute atomic E-state index is 0.0993. The van der Waals surface area contributed by atoms with E-state index in [0.29, 0.717) is 10.6 Å². The van der Waals surface area contributed by atoms with Gasteiger partial charge in [0.05, 0.1) is 11.8 Å². The Labute approximate surface area is 131 Å². The molecule has 3 N–H and O–H groups in total. The summed E-state index contributed by atoms with van der Waals surface area (Å²) in [4.78, 5) is 4.31. The molecular weight excluding hydrogens is 300 g/mol. The smallest absolute Gasteiger partial charge is 0.155 e. The van der Waals surface area contributed by atoms with E-state index in [1.54, 1.807) is 30.5 Å². The van der Waals surface area contributed by atoms with Crippen molar-refractivity contribution in [2.45, 2.75) is 6.92 Å². The van der Waals surface area contributed by atoms with E-state index in [0.717, 1.165) is 11.3 Å². The van der Waals surface area contributed by atoms with Gasteiger partial charge in [0, 0.05) is 11.1 Å². The second-order valence-electron chi connectivity index (χ2n) is 4.86. The maximum Gasteiger partial charge on any atom is 0.155 e. The number of aliphatic hydroxyl groups is 1. The van der Waals surface area contributed by atoms with Crippen LogP contribution in [-0.2, 0) is 0 Å². The van der Waals surface area contributed by atoms with Crippen molar-refractivity contribution in [2.75, 3.05) is 6.54 Å². The van der Waals surface area contributed by atoms with Gasteiger partial charge in [-0.05, 0) is 36.8 Å². The molecule has 0 fully saturated rings. The van der Waals surface area contributed by atoms with E-state index < -0.39 is 0 Å². The van der Waals surface area contributed by atoms with Crippen molar-refractivity contribution in [3.05, 3.63) is 51.7 Å². The van der Waals surface area contributed by atoms with Crippen molar-refractivity contribution in [1.29, 1.82) is 5.41 Å². The van der Waals surface area contributed by atoms with Crippen molar-refractivity contribution in [1.82, 2.24) is 9.99 Å². The maximum atomic E-state index is 10.1. The summed E-state index contributed by atoms with van der Waals surface area (Å²) in [6, 6.07) is 6.57. The van der Waals surface area contributed by atoms with E-state index in [-0.39, 0.29) is 23.9 Å². The molecule has 0 saturated heterocycles. The summed E-state index contributed by atoms with van der Waals surface area (Å²) < 4.78 is 0. The van der Waals surface area contributed by atoms with Gasteiger partial charge >= 0.3 is 0 Å². The summed E-state index contributed by atoms with van der Waals surface area (Å²) >= 11 is 1.40. The van der Waals surface area contributed by atoms with Crippen LogP contribution in [0.15, 0.2) is 40.5 Å². The number of hydrogen-bond donors (Lipinski definition) is 3. The largest absolute Gasteiger partial charge is 0.509 e.